The van der Waals surface area contributed by atoms with Gasteiger partial charge in [0.2, 0.25) is 0 Å². The van der Waals surface area contributed by atoms with E-state index in [0.717, 1.165) is 11.8 Å². The van der Waals surface area contributed by atoms with Gasteiger partial charge in [-0.1, -0.05) is 46.0 Å². The lowest BCUT2D eigenvalue weighted by Gasteiger charge is -2.31. The van der Waals surface area contributed by atoms with Crippen LogP contribution in [-0.4, -0.2) is 6.04 Å². The molecule has 14 heavy (non-hydrogen) atoms. The molecule has 1 fully saturated rings. The first-order valence-electron chi connectivity index (χ1n) is 6.49. The first-order chi connectivity index (χ1) is 6.74. The maximum absolute atomic E-state index is 6.02. The van der Waals surface area contributed by atoms with Crippen molar-refractivity contribution in [2.24, 2.45) is 17.6 Å². The van der Waals surface area contributed by atoms with Crippen LogP contribution in [0.3, 0.4) is 0 Å². The second-order valence-corrected chi connectivity index (χ2v) is 5.17. The van der Waals surface area contributed by atoms with Gasteiger partial charge in [0.15, 0.2) is 0 Å². The van der Waals surface area contributed by atoms with Gasteiger partial charge in [-0.05, 0) is 31.1 Å². The maximum Gasteiger partial charge on any atom is 0.00647 e. The van der Waals surface area contributed by atoms with E-state index in [2.05, 4.69) is 13.8 Å². The first-order valence-corrected chi connectivity index (χ1v) is 6.49. The summed E-state index contributed by atoms with van der Waals surface area (Å²) in [6.45, 7) is 4.60. The van der Waals surface area contributed by atoms with Crippen molar-refractivity contribution < 1.29 is 0 Å². The number of hydrogen-bond donors (Lipinski definition) is 1. The summed E-state index contributed by atoms with van der Waals surface area (Å²) in [5.41, 5.74) is 6.02. The smallest absolute Gasteiger partial charge is 0.00647 e. The van der Waals surface area contributed by atoms with E-state index in [1.165, 1.54) is 51.4 Å². The van der Waals surface area contributed by atoms with Crippen molar-refractivity contribution in [1.29, 1.82) is 0 Å². The third-order valence-electron chi connectivity index (χ3n) is 3.81. The van der Waals surface area contributed by atoms with Crippen molar-refractivity contribution in [2.45, 2.75) is 71.3 Å². The van der Waals surface area contributed by atoms with E-state index in [1.807, 2.05) is 0 Å². The molecule has 0 aromatic heterocycles. The van der Waals surface area contributed by atoms with Gasteiger partial charge in [-0.25, -0.2) is 0 Å². The summed E-state index contributed by atoms with van der Waals surface area (Å²) >= 11 is 0. The topological polar surface area (TPSA) is 26.0 Å². The Bertz CT molecular complexity index is 144. The highest BCUT2D eigenvalue weighted by Gasteiger charge is 2.24. The van der Waals surface area contributed by atoms with E-state index in [-0.39, 0.29) is 0 Å². The molecule has 2 N–H and O–H groups in total. The van der Waals surface area contributed by atoms with Crippen molar-refractivity contribution in [1.82, 2.24) is 0 Å². The minimum atomic E-state index is 0.488. The average Bonchev–Trinajstić information content (AvgIpc) is 2.18. The summed E-state index contributed by atoms with van der Waals surface area (Å²) in [4.78, 5) is 0. The fraction of sp³-hybridized carbons (Fsp3) is 1.00. The minimum Gasteiger partial charge on any atom is -0.327 e. The Morgan fingerprint density at radius 1 is 1.14 bits per heavy atom. The zero-order valence-corrected chi connectivity index (χ0v) is 9.97. The molecule has 0 amide bonds. The zero-order chi connectivity index (χ0) is 10.4. The Morgan fingerprint density at radius 3 is 2.57 bits per heavy atom. The molecule has 3 unspecified atom stereocenters. The van der Waals surface area contributed by atoms with Crippen LogP contribution in [0.15, 0.2) is 0 Å². The lowest BCUT2D eigenvalue weighted by Crippen LogP contribution is -2.34. The van der Waals surface area contributed by atoms with Gasteiger partial charge in [-0.2, -0.15) is 0 Å². The van der Waals surface area contributed by atoms with Gasteiger partial charge >= 0.3 is 0 Å². The Balaban J connectivity index is 2.07. The van der Waals surface area contributed by atoms with E-state index in [4.69, 9.17) is 5.73 Å². The predicted molar refractivity (Wildman–Crippen MR) is 63.2 cm³/mol. The monoisotopic (exact) mass is 197 g/mol. The van der Waals surface area contributed by atoms with Gasteiger partial charge < -0.3 is 5.73 Å². The molecule has 1 aliphatic carbocycles. The van der Waals surface area contributed by atoms with E-state index in [9.17, 15) is 0 Å². The standard InChI is InChI=1S/C13H27N/c1-3-4-5-6-7-12-8-9-13(14)11(2)10-12/h11-13H,3-10,14H2,1-2H3. The van der Waals surface area contributed by atoms with E-state index in [1.54, 1.807) is 0 Å². The van der Waals surface area contributed by atoms with Crippen LogP contribution >= 0.6 is 0 Å². The summed E-state index contributed by atoms with van der Waals surface area (Å²) in [5.74, 6) is 1.75. The van der Waals surface area contributed by atoms with Crippen LogP contribution in [0.25, 0.3) is 0 Å². The molecule has 1 heteroatoms. The fourth-order valence-corrected chi connectivity index (χ4v) is 2.65. The molecule has 0 aromatic carbocycles. The molecule has 1 aliphatic rings. The molecule has 0 aromatic rings. The average molecular weight is 197 g/mol. The van der Waals surface area contributed by atoms with Crippen LogP contribution in [0, 0.1) is 11.8 Å². The molecule has 84 valence electrons. The molecule has 0 radical (unpaired) electrons. The number of unbranched alkanes of at least 4 members (excludes halogenated alkanes) is 3. The Hall–Kier alpha value is -0.0400. The Labute approximate surface area is 89.5 Å². The molecule has 0 saturated heterocycles. The van der Waals surface area contributed by atoms with Crippen molar-refractivity contribution in [3.8, 4) is 0 Å². The van der Waals surface area contributed by atoms with E-state index < -0.39 is 0 Å². The zero-order valence-electron chi connectivity index (χ0n) is 9.97. The van der Waals surface area contributed by atoms with Crippen LogP contribution in [0.2, 0.25) is 0 Å². The molecule has 1 nitrogen and oxygen atoms in total. The summed E-state index contributed by atoms with van der Waals surface area (Å²) in [6.07, 6.45) is 11.1. The summed E-state index contributed by atoms with van der Waals surface area (Å²) in [6, 6.07) is 0.488. The van der Waals surface area contributed by atoms with Crippen molar-refractivity contribution >= 4 is 0 Å². The highest BCUT2D eigenvalue weighted by Crippen LogP contribution is 2.31. The summed E-state index contributed by atoms with van der Waals surface area (Å²) in [7, 11) is 0. The number of nitrogens with two attached hydrogens (primary N) is 1. The normalized spacial score (nSPS) is 33.2. The van der Waals surface area contributed by atoms with Crippen molar-refractivity contribution in [3.63, 3.8) is 0 Å². The molecular formula is C13H27N. The van der Waals surface area contributed by atoms with Gasteiger partial charge in [0.25, 0.3) is 0 Å². The second kappa shape index (κ2) is 6.44. The van der Waals surface area contributed by atoms with Gasteiger partial charge in [0.1, 0.15) is 0 Å². The molecule has 0 bridgehead atoms. The molecule has 1 rings (SSSR count). The predicted octanol–water partition coefficient (Wildman–Crippen LogP) is 3.72. The largest absolute Gasteiger partial charge is 0.327 e. The van der Waals surface area contributed by atoms with Crippen LogP contribution in [-0.2, 0) is 0 Å². The number of rotatable bonds is 5. The van der Waals surface area contributed by atoms with Crippen molar-refractivity contribution in [2.75, 3.05) is 0 Å². The lowest BCUT2D eigenvalue weighted by atomic mass is 9.77. The quantitative estimate of drug-likeness (QED) is 0.668. The molecule has 1 saturated carbocycles. The van der Waals surface area contributed by atoms with Crippen LogP contribution in [0.4, 0.5) is 0 Å². The summed E-state index contributed by atoms with van der Waals surface area (Å²) < 4.78 is 0. The fourth-order valence-electron chi connectivity index (χ4n) is 2.65. The molecule has 0 heterocycles. The molecule has 3 atom stereocenters. The maximum atomic E-state index is 6.02. The highest BCUT2D eigenvalue weighted by atomic mass is 14.7. The van der Waals surface area contributed by atoms with E-state index >= 15 is 0 Å². The minimum absolute atomic E-state index is 0.488. The van der Waals surface area contributed by atoms with Gasteiger partial charge in [0.05, 0.1) is 0 Å². The van der Waals surface area contributed by atoms with Gasteiger partial charge in [0, 0.05) is 6.04 Å². The first kappa shape index (κ1) is 12.0. The number of hydrogen-bond acceptors (Lipinski definition) is 1. The molecule has 0 spiro atoms. The SMILES string of the molecule is CCCCCCC1CCC(N)C(C)C1. The third-order valence-corrected chi connectivity index (χ3v) is 3.81. The molecular weight excluding hydrogens is 170 g/mol. The molecule has 0 aliphatic heterocycles. The second-order valence-electron chi connectivity index (χ2n) is 5.17. The summed E-state index contributed by atoms with van der Waals surface area (Å²) in [5, 5.41) is 0. The highest BCUT2D eigenvalue weighted by molar-refractivity contribution is 4.79. The Kier molecular flexibility index (Phi) is 5.54. The van der Waals surface area contributed by atoms with Crippen LogP contribution in [0.1, 0.15) is 65.2 Å². The lowest BCUT2D eigenvalue weighted by molar-refractivity contribution is 0.234. The van der Waals surface area contributed by atoms with Gasteiger partial charge in [-0.3, -0.25) is 0 Å². The van der Waals surface area contributed by atoms with Gasteiger partial charge in [-0.15, -0.1) is 0 Å². The van der Waals surface area contributed by atoms with Crippen LogP contribution < -0.4 is 5.73 Å². The Morgan fingerprint density at radius 2 is 1.93 bits per heavy atom. The third kappa shape index (κ3) is 4.00. The van der Waals surface area contributed by atoms with E-state index in [0.29, 0.717) is 6.04 Å². The van der Waals surface area contributed by atoms with Crippen molar-refractivity contribution in [3.05, 3.63) is 0 Å². The van der Waals surface area contributed by atoms with Crippen LogP contribution in [0.5, 0.6) is 0 Å².